The predicted octanol–water partition coefficient (Wildman–Crippen LogP) is 5.61. The number of nitrogens with zero attached hydrogens (tertiary/aromatic N) is 4. The molecule has 3 heterocycles. The third-order valence-electron chi connectivity index (χ3n) is 5.96. The van der Waals surface area contributed by atoms with Crippen molar-refractivity contribution in [2.75, 3.05) is 12.1 Å². The predicted molar refractivity (Wildman–Crippen MR) is 142 cm³/mol. The number of aryl methyl sites for hydroxylation is 1. The van der Waals surface area contributed by atoms with Gasteiger partial charge >= 0.3 is 0 Å². The Bertz CT molecular complexity index is 1670. The molecule has 0 bridgehead atoms. The van der Waals surface area contributed by atoms with Gasteiger partial charge in [0.05, 0.1) is 23.3 Å². The number of rotatable bonds is 6. The fourth-order valence-corrected chi connectivity index (χ4v) is 4.51. The number of amides is 1. The number of anilines is 1. The second kappa shape index (κ2) is 9.48. The highest BCUT2D eigenvalue weighted by Gasteiger charge is 2.18. The molecule has 6 rings (SSSR count). The summed E-state index contributed by atoms with van der Waals surface area (Å²) in [5.41, 5.74) is 4.38. The van der Waals surface area contributed by atoms with Gasteiger partial charge in [-0.2, -0.15) is 9.78 Å². The molecule has 0 unspecified atom stereocenters. The standard InChI is InChI=1S/C28H22ClN5O3/c1-18-13-26(31-27(35)12-10-19-9-11-24-25(15-19)37-17-36-24)34(32-18)28-30-22-7-2-3-8-23(22)33(28)16-20-5-4-6-21(29)14-20/h2-15H,16-17H2,1H3,(H,31,35). The summed E-state index contributed by atoms with van der Waals surface area (Å²) in [7, 11) is 0. The SMILES string of the molecule is Cc1cc(NC(=O)C=Cc2ccc3c(c2)OCO3)n(-c2nc3ccccc3n2Cc2cccc(Cl)c2)n1. The minimum absolute atomic E-state index is 0.203. The van der Waals surface area contributed by atoms with Crippen LogP contribution in [0.5, 0.6) is 11.5 Å². The molecule has 0 saturated heterocycles. The van der Waals surface area contributed by atoms with Crippen molar-refractivity contribution in [2.24, 2.45) is 0 Å². The number of para-hydroxylation sites is 2. The molecule has 1 amide bonds. The molecule has 1 aliphatic rings. The summed E-state index contributed by atoms with van der Waals surface area (Å²) >= 11 is 6.24. The van der Waals surface area contributed by atoms with Crippen molar-refractivity contribution in [1.29, 1.82) is 0 Å². The second-order valence-corrected chi connectivity index (χ2v) is 9.07. The van der Waals surface area contributed by atoms with Crippen LogP contribution in [0.25, 0.3) is 23.1 Å². The summed E-state index contributed by atoms with van der Waals surface area (Å²) in [6, 6.07) is 22.9. The number of imidazole rings is 1. The van der Waals surface area contributed by atoms with Crippen LogP contribution >= 0.6 is 11.6 Å². The molecule has 0 radical (unpaired) electrons. The van der Waals surface area contributed by atoms with Crippen LogP contribution in [-0.2, 0) is 11.3 Å². The molecule has 0 saturated carbocycles. The molecule has 1 aliphatic heterocycles. The smallest absolute Gasteiger partial charge is 0.249 e. The maximum Gasteiger partial charge on any atom is 0.249 e. The van der Waals surface area contributed by atoms with Gasteiger partial charge in [-0.1, -0.05) is 41.9 Å². The number of nitrogens with one attached hydrogen (secondary N) is 1. The van der Waals surface area contributed by atoms with Crippen molar-refractivity contribution < 1.29 is 14.3 Å². The summed E-state index contributed by atoms with van der Waals surface area (Å²) in [5, 5.41) is 8.25. The van der Waals surface area contributed by atoms with E-state index in [1.807, 2.05) is 79.7 Å². The first kappa shape index (κ1) is 22.9. The van der Waals surface area contributed by atoms with E-state index in [0.29, 0.717) is 34.8 Å². The van der Waals surface area contributed by atoms with Crippen molar-refractivity contribution >= 4 is 40.4 Å². The van der Waals surface area contributed by atoms with E-state index >= 15 is 0 Å². The molecule has 1 N–H and O–H groups in total. The minimum atomic E-state index is -0.295. The number of carbonyl (C=O) groups excluding carboxylic acids is 1. The summed E-state index contributed by atoms with van der Waals surface area (Å²) in [5.74, 6) is 2.16. The first-order valence-corrected chi connectivity index (χ1v) is 12.1. The van der Waals surface area contributed by atoms with Crippen LogP contribution in [0.1, 0.15) is 16.8 Å². The lowest BCUT2D eigenvalue weighted by atomic mass is 10.2. The van der Waals surface area contributed by atoms with Crippen LogP contribution in [0, 0.1) is 6.92 Å². The summed E-state index contributed by atoms with van der Waals surface area (Å²) in [6.07, 6.45) is 3.19. The molecule has 0 spiro atoms. The van der Waals surface area contributed by atoms with Gasteiger partial charge in [-0.25, -0.2) is 4.98 Å². The monoisotopic (exact) mass is 511 g/mol. The van der Waals surface area contributed by atoms with Gasteiger partial charge in [0.25, 0.3) is 0 Å². The Kier molecular flexibility index (Phi) is 5.86. The largest absolute Gasteiger partial charge is 0.454 e. The number of hydrogen-bond donors (Lipinski definition) is 1. The van der Waals surface area contributed by atoms with Crippen molar-refractivity contribution in [3.05, 3.63) is 101 Å². The number of aromatic nitrogens is 4. The number of halogens is 1. The first-order chi connectivity index (χ1) is 18.0. The highest BCUT2D eigenvalue weighted by molar-refractivity contribution is 6.30. The van der Waals surface area contributed by atoms with Gasteiger partial charge in [0, 0.05) is 17.2 Å². The van der Waals surface area contributed by atoms with Gasteiger partial charge in [-0.15, -0.1) is 0 Å². The second-order valence-electron chi connectivity index (χ2n) is 8.63. The Morgan fingerprint density at radius 1 is 1.05 bits per heavy atom. The summed E-state index contributed by atoms with van der Waals surface area (Å²) in [4.78, 5) is 17.7. The molecule has 3 aromatic carbocycles. The number of hydrogen-bond acceptors (Lipinski definition) is 5. The molecule has 2 aromatic heterocycles. The molecule has 5 aromatic rings. The van der Waals surface area contributed by atoms with Crippen molar-refractivity contribution in [3.63, 3.8) is 0 Å². The van der Waals surface area contributed by atoms with Crippen molar-refractivity contribution in [1.82, 2.24) is 19.3 Å². The molecule has 37 heavy (non-hydrogen) atoms. The zero-order valence-corrected chi connectivity index (χ0v) is 20.6. The fraction of sp³-hybridized carbons (Fsp3) is 0.107. The zero-order valence-electron chi connectivity index (χ0n) is 19.9. The Morgan fingerprint density at radius 3 is 2.81 bits per heavy atom. The lowest BCUT2D eigenvalue weighted by Crippen LogP contribution is -2.15. The molecule has 9 heteroatoms. The average Bonchev–Trinajstić information content (AvgIpc) is 3.59. The Hall–Kier alpha value is -4.56. The molecule has 0 fully saturated rings. The van der Waals surface area contributed by atoms with E-state index in [1.165, 1.54) is 6.08 Å². The lowest BCUT2D eigenvalue weighted by Gasteiger charge is -2.12. The van der Waals surface area contributed by atoms with Gasteiger partial charge < -0.3 is 19.4 Å². The van der Waals surface area contributed by atoms with Gasteiger partial charge in [-0.05, 0) is 60.5 Å². The van der Waals surface area contributed by atoms with E-state index in [4.69, 9.17) is 26.1 Å². The van der Waals surface area contributed by atoms with Crippen molar-refractivity contribution in [3.8, 4) is 17.4 Å². The van der Waals surface area contributed by atoms with Crippen LogP contribution in [-0.4, -0.2) is 32.0 Å². The average molecular weight is 512 g/mol. The van der Waals surface area contributed by atoms with Crippen LogP contribution in [0.15, 0.2) is 78.9 Å². The molecule has 184 valence electrons. The highest BCUT2D eigenvalue weighted by atomic mass is 35.5. The molecule has 0 atom stereocenters. The number of benzene rings is 3. The third kappa shape index (κ3) is 4.66. The summed E-state index contributed by atoms with van der Waals surface area (Å²) < 4.78 is 14.5. The molecular formula is C28H22ClN5O3. The maximum atomic E-state index is 12.9. The van der Waals surface area contributed by atoms with Crippen LogP contribution in [0.3, 0.4) is 0 Å². The van der Waals surface area contributed by atoms with Gasteiger partial charge in [0.1, 0.15) is 5.82 Å². The van der Waals surface area contributed by atoms with E-state index in [9.17, 15) is 4.79 Å². The molecular weight excluding hydrogens is 490 g/mol. The Balaban J connectivity index is 1.32. The van der Waals surface area contributed by atoms with Crippen LogP contribution < -0.4 is 14.8 Å². The van der Waals surface area contributed by atoms with Crippen LogP contribution in [0.2, 0.25) is 5.02 Å². The Morgan fingerprint density at radius 2 is 1.92 bits per heavy atom. The summed E-state index contributed by atoms with van der Waals surface area (Å²) in [6.45, 7) is 2.61. The Labute approximate surface area is 217 Å². The van der Waals surface area contributed by atoms with E-state index < -0.39 is 0 Å². The topological polar surface area (TPSA) is 83.2 Å². The zero-order chi connectivity index (χ0) is 25.4. The third-order valence-corrected chi connectivity index (χ3v) is 6.20. The highest BCUT2D eigenvalue weighted by Crippen LogP contribution is 2.33. The fourth-order valence-electron chi connectivity index (χ4n) is 4.30. The van der Waals surface area contributed by atoms with Gasteiger partial charge in [-0.3, -0.25) is 4.79 Å². The number of fused-ring (bicyclic) bond motifs is 2. The van der Waals surface area contributed by atoms with Crippen LogP contribution in [0.4, 0.5) is 5.82 Å². The molecule has 8 nitrogen and oxygen atoms in total. The van der Waals surface area contributed by atoms with Gasteiger partial charge in [0.2, 0.25) is 18.6 Å². The minimum Gasteiger partial charge on any atom is -0.454 e. The number of carbonyl (C=O) groups is 1. The maximum absolute atomic E-state index is 12.9. The first-order valence-electron chi connectivity index (χ1n) is 11.7. The normalized spacial score (nSPS) is 12.5. The van der Waals surface area contributed by atoms with Gasteiger partial charge in [0.15, 0.2) is 11.5 Å². The lowest BCUT2D eigenvalue weighted by molar-refractivity contribution is -0.111. The van der Waals surface area contributed by atoms with E-state index in [2.05, 4.69) is 15.0 Å². The van der Waals surface area contributed by atoms with Crippen molar-refractivity contribution in [2.45, 2.75) is 13.5 Å². The number of ether oxygens (including phenoxy) is 2. The molecule has 0 aliphatic carbocycles. The van der Waals surface area contributed by atoms with E-state index in [1.54, 1.807) is 10.8 Å². The quantitative estimate of drug-likeness (QED) is 0.299. The van der Waals surface area contributed by atoms with E-state index in [0.717, 1.165) is 27.9 Å². The van der Waals surface area contributed by atoms with E-state index in [-0.39, 0.29) is 12.7 Å².